The second-order valence-corrected chi connectivity index (χ2v) is 8.72. The van der Waals surface area contributed by atoms with Crippen LogP contribution < -0.4 is 10.6 Å². The van der Waals surface area contributed by atoms with Gasteiger partial charge in [-0.05, 0) is 54.8 Å². The fraction of sp³-hybridized carbons (Fsp3) is 0.217. The molecule has 33 heavy (non-hydrogen) atoms. The lowest BCUT2D eigenvalue weighted by Crippen LogP contribution is -2.43. The van der Waals surface area contributed by atoms with E-state index in [4.69, 9.17) is 4.74 Å². The molecule has 1 aromatic heterocycles. The van der Waals surface area contributed by atoms with Crippen LogP contribution in [0, 0.1) is 5.82 Å². The highest BCUT2D eigenvalue weighted by Crippen LogP contribution is 2.25. The molecule has 0 aliphatic carbocycles. The molecule has 0 saturated carbocycles. The molecule has 10 heteroatoms. The van der Waals surface area contributed by atoms with Crippen molar-refractivity contribution in [1.29, 1.82) is 0 Å². The Morgan fingerprint density at radius 2 is 1.85 bits per heavy atom. The van der Waals surface area contributed by atoms with E-state index < -0.39 is 24.5 Å². The van der Waals surface area contributed by atoms with E-state index in [2.05, 4.69) is 15.6 Å². The molecule has 0 spiro atoms. The molecular formula is C23H22FN3O4S2. The summed E-state index contributed by atoms with van der Waals surface area (Å²) >= 11 is 2.73. The number of aromatic nitrogens is 1. The lowest BCUT2D eigenvalue weighted by Gasteiger charge is -2.17. The van der Waals surface area contributed by atoms with Gasteiger partial charge >= 0.3 is 5.97 Å². The number of halogens is 1. The van der Waals surface area contributed by atoms with Gasteiger partial charge < -0.3 is 10.1 Å². The third-order valence-electron chi connectivity index (χ3n) is 4.47. The molecule has 3 aromatic rings. The van der Waals surface area contributed by atoms with Gasteiger partial charge in [-0.25, -0.2) is 14.2 Å². The van der Waals surface area contributed by atoms with Crippen molar-refractivity contribution >= 4 is 46.0 Å². The molecule has 2 aromatic carbocycles. The lowest BCUT2D eigenvalue weighted by atomic mass is 10.1. The summed E-state index contributed by atoms with van der Waals surface area (Å²) in [5.41, 5.74) is 1.73. The molecule has 7 nitrogen and oxygen atoms in total. The molecule has 0 unspecified atom stereocenters. The summed E-state index contributed by atoms with van der Waals surface area (Å²) in [6.45, 7) is -0.513. The number of thioether (sulfide) groups is 1. The Morgan fingerprint density at radius 3 is 2.55 bits per heavy atom. The lowest BCUT2D eigenvalue weighted by molar-refractivity contribution is -0.149. The van der Waals surface area contributed by atoms with Crippen LogP contribution >= 0.6 is 23.1 Å². The van der Waals surface area contributed by atoms with E-state index in [-0.39, 0.29) is 11.7 Å². The first-order chi connectivity index (χ1) is 16.0. The molecule has 1 atom stereocenters. The first-order valence-electron chi connectivity index (χ1n) is 9.99. The second-order valence-electron chi connectivity index (χ2n) is 6.87. The average Bonchev–Trinajstić information content (AvgIpc) is 3.29. The monoisotopic (exact) mass is 487 g/mol. The number of hydrogen-bond acceptors (Lipinski definition) is 7. The number of thiazole rings is 1. The van der Waals surface area contributed by atoms with Gasteiger partial charge in [-0.2, -0.15) is 11.8 Å². The molecule has 1 heterocycles. The van der Waals surface area contributed by atoms with Gasteiger partial charge in [-0.15, -0.1) is 11.3 Å². The molecular weight excluding hydrogens is 465 g/mol. The maximum absolute atomic E-state index is 13.1. The summed E-state index contributed by atoms with van der Waals surface area (Å²) in [5, 5.41) is 7.30. The van der Waals surface area contributed by atoms with Gasteiger partial charge in [-0.1, -0.05) is 18.2 Å². The number of nitrogens with zero attached hydrogens (tertiary/aromatic N) is 1. The third-order valence-corrected chi connectivity index (χ3v) is 5.87. The van der Waals surface area contributed by atoms with E-state index in [1.165, 1.54) is 35.2 Å². The predicted molar refractivity (Wildman–Crippen MR) is 128 cm³/mol. The van der Waals surface area contributed by atoms with E-state index in [1.807, 2.05) is 6.26 Å². The molecule has 0 bridgehead atoms. The van der Waals surface area contributed by atoms with Crippen LogP contribution in [0.4, 0.5) is 9.52 Å². The maximum atomic E-state index is 13.1. The number of rotatable bonds is 10. The van der Waals surface area contributed by atoms with E-state index in [9.17, 15) is 18.8 Å². The molecule has 0 aliphatic rings. The van der Waals surface area contributed by atoms with E-state index in [1.54, 1.807) is 47.8 Å². The molecule has 2 N–H and O–H groups in total. The van der Waals surface area contributed by atoms with Gasteiger partial charge in [0.2, 0.25) is 0 Å². The third kappa shape index (κ3) is 7.40. The van der Waals surface area contributed by atoms with Crippen molar-refractivity contribution in [2.45, 2.75) is 12.5 Å². The fourth-order valence-corrected chi connectivity index (χ4v) is 4.00. The van der Waals surface area contributed by atoms with Crippen LogP contribution in [0.3, 0.4) is 0 Å². The molecule has 2 amide bonds. The van der Waals surface area contributed by atoms with Crippen LogP contribution in [0.2, 0.25) is 0 Å². The maximum Gasteiger partial charge on any atom is 0.329 e. The van der Waals surface area contributed by atoms with Gasteiger partial charge in [0, 0.05) is 16.5 Å². The van der Waals surface area contributed by atoms with Crippen molar-refractivity contribution in [3.8, 4) is 11.3 Å². The number of ether oxygens (including phenoxy) is 1. The number of esters is 1. The summed E-state index contributed by atoms with van der Waals surface area (Å²) in [6, 6.07) is 13.5. The molecule has 0 aliphatic heterocycles. The largest absolute Gasteiger partial charge is 0.454 e. The molecule has 0 fully saturated rings. The summed E-state index contributed by atoms with van der Waals surface area (Å²) in [5.74, 6) is -1.35. The highest BCUT2D eigenvalue weighted by molar-refractivity contribution is 7.98. The van der Waals surface area contributed by atoms with Crippen molar-refractivity contribution in [2.24, 2.45) is 0 Å². The fourth-order valence-electron chi connectivity index (χ4n) is 2.79. The van der Waals surface area contributed by atoms with Crippen LogP contribution in [-0.2, 0) is 14.3 Å². The van der Waals surface area contributed by atoms with Crippen molar-refractivity contribution in [3.05, 3.63) is 71.4 Å². The number of anilines is 1. The zero-order chi connectivity index (χ0) is 23.6. The van der Waals surface area contributed by atoms with E-state index in [0.717, 1.165) is 0 Å². The predicted octanol–water partition coefficient (Wildman–Crippen LogP) is 3.98. The Balaban J connectivity index is 1.53. The smallest absolute Gasteiger partial charge is 0.329 e. The zero-order valence-electron chi connectivity index (χ0n) is 17.7. The highest BCUT2D eigenvalue weighted by Gasteiger charge is 2.23. The zero-order valence-corrected chi connectivity index (χ0v) is 19.4. The quantitative estimate of drug-likeness (QED) is 0.420. The normalized spacial score (nSPS) is 11.5. The van der Waals surface area contributed by atoms with Crippen LogP contribution in [0.15, 0.2) is 60.0 Å². The standard InChI is InChI=1S/C23H22FN3O4S2/c1-32-12-11-18(25-21(29)16-5-3-2-4-6-16)22(30)31-13-20(28)27-23-26-19(14-33-23)15-7-9-17(24)10-8-15/h2-10,14,18H,11-13H2,1H3,(H,25,29)(H,26,27,28)/t18-/m1/s1. The molecule has 3 rings (SSSR count). The highest BCUT2D eigenvalue weighted by atomic mass is 32.2. The summed E-state index contributed by atoms with van der Waals surface area (Å²) in [6.07, 6.45) is 2.26. The van der Waals surface area contributed by atoms with Gasteiger partial charge in [0.25, 0.3) is 11.8 Å². The van der Waals surface area contributed by atoms with Crippen molar-refractivity contribution in [3.63, 3.8) is 0 Å². The van der Waals surface area contributed by atoms with Crippen molar-refractivity contribution in [2.75, 3.05) is 23.9 Å². The summed E-state index contributed by atoms with van der Waals surface area (Å²) < 4.78 is 18.2. The SMILES string of the molecule is CSCC[C@@H](NC(=O)c1ccccc1)C(=O)OCC(=O)Nc1nc(-c2ccc(F)cc2)cs1. The number of hydrogen-bond donors (Lipinski definition) is 2. The summed E-state index contributed by atoms with van der Waals surface area (Å²) in [7, 11) is 0. The van der Waals surface area contributed by atoms with Crippen LogP contribution in [0.5, 0.6) is 0 Å². The van der Waals surface area contributed by atoms with Crippen molar-refractivity contribution < 1.29 is 23.5 Å². The number of benzene rings is 2. The Morgan fingerprint density at radius 1 is 1.12 bits per heavy atom. The molecule has 0 saturated heterocycles. The van der Waals surface area contributed by atoms with E-state index in [0.29, 0.717) is 34.1 Å². The minimum absolute atomic E-state index is 0.326. The molecule has 0 radical (unpaired) electrons. The molecule has 172 valence electrons. The topological polar surface area (TPSA) is 97.4 Å². The van der Waals surface area contributed by atoms with E-state index >= 15 is 0 Å². The minimum atomic E-state index is -0.872. The Kier molecular flexibility index (Phi) is 8.96. The Bertz CT molecular complexity index is 1090. The van der Waals surface area contributed by atoms with Gasteiger partial charge in [0.15, 0.2) is 11.7 Å². The number of carbonyl (C=O) groups excluding carboxylic acids is 3. The average molecular weight is 488 g/mol. The van der Waals surface area contributed by atoms with Crippen LogP contribution in [0.25, 0.3) is 11.3 Å². The summed E-state index contributed by atoms with van der Waals surface area (Å²) in [4.78, 5) is 41.4. The number of amides is 2. The Labute approximate surface area is 198 Å². The minimum Gasteiger partial charge on any atom is -0.454 e. The van der Waals surface area contributed by atoms with Crippen LogP contribution in [-0.4, -0.2) is 47.4 Å². The van der Waals surface area contributed by atoms with Gasteiger partial charge in [0.1, 0.15) is 11.9 Å². The van der Waals surface area contributed by atoms with Gasteiger partial charge in [-0.3, -0.25) is 14.9 Å². The van der Waals surface area contributed by atoms with Crippen LogP contribution in [0.1, 0.15) is 16.8 Å². The second kappa shape index (κ2) is 12.1. The Hall–Kier alpha value is -3.24. The van der Waals surface area contributed by atoms with Gasteiger partial charge in [0.05, 0.1) is 5.69 Å². The number of nitrogens with one attached hydrogen (secondary N) is 2. The van der Waals surface area contributed by atoms with Crippen molar-refractivity contribution in [1.82, 2.24) is 10.3 Å². The first kappa shape index (κ1) is 24.4. The first-order valence-corrected chi connectivity index (χ1v) is 12.3. The number of carbonyl (C=O) groups is 3.